The van der Waals surface area contributed by atoms with Crippen molar-refractivity contribution in [1.82, 2.24) is 0 Å². The number of thiophene rings is 1. The van der Waals surface area contributed by atoms with Crippen LogP contribution in [0, 0.1) is 0 Å². The summed E-state index contributed by atoms with van der Waals surface area (Å²) in [6, 6.07) is 15.1. The van der Waals surface area contributed by atoms with E-state index in [-0.39, 0.29) is 0 Å². The SMILES string of the molecule is CC([Se]c1cccs1)c1ccccc1. The second-order valence-electron chi connectivity index (χ2n) is 3.10. The fraction of sp³-hybridized carbons (Fsp3) is 0.167. The Labute approximate surface area is 95.1 Å². The van der Waals surface area contributed by atoms with Gasteiger partial charge in [0.1, 0.15) is 0 Å². The number of hydrogen-bond acceptors (Lipinski definition) is 1. The van der Waals surface area contributed by atoms with Crippen molar-refractivity contribution in [1.29, 1.82) is 0 Å². The summed E-state index contributed by atoms with van der Waals surface area (Å²) >= 11 is 2.45. The van der Waals surface area contributed by atoms with Gasteiger partial charge in [0, 0.05) is 0 Å². The Bertz CT molecular complexity index is 366. The molecule has 1 atom stereocenters. The Morgan fingerprint density at radius 3 is 2.50 bits per heavy atom. The molecule has 1 aromatic heterocycles. The first-order valence-corrected chi connectivity index (χ1v) is 7.34. The first-order valence-electron chi connectivity index (χ1n) is 4.61. The number of benzene rings is 1. The summed E-state index contributed by atoms with van der Waals surface area (Å²) in [5.41, 5.74) is 1.46. The van der Waals surface area contributed by atoms with Gasteiger partial charge in [0.25, 0.3) is 0 Å². The first kappa shape index (κ1) is 9.97. The van der Waals surface area contributed by atoms with Gasteiger partial charge in [-0.3, -0.25) is 0 Å². The van der Waals surface area contributed by atoms with E-state index >= 15 is 0 Å². The average molecular weight is 267 g/mol. The second-order valence-corrected chi connectivity index (χ2v) is 7.53. The van der Waals surface area contributed by atoms with E-state index in [2.05, 4.69) is 54.8 Å². The van der Waals surface area contributed by atoms with E-state index in [0.717, 1.165) is 0 Å². The summed E-state index contributed by atoms with van der Waals surface area (Å²) in [5, 5.41) is 2.16. The molecule has 72 valence electrons. The zero-order valence-corrected chi connectivity index (χ0v) is 10.5. The van der Waals surface area contributed by atoms with Gasteiger partial charge in [0.15, 0.2) is 0 Å². The summed E-state index contributed by atoms with van der Waals surface area (Å²) in [6.07, 6.45) is 0. The molecule has 0 aliphatic rings. The monoisotopic (exact) mass is 268 g/mol. The molecule has 2 rings (SSSR count). The zero-order chi connectivity index (χ0) is 9.80. The molecule has 0 aliphatic carbocycles. The molecule has 1 heterocycles. The Hall–Kier alpha value is -0.561. The fourth-order valence-corrected chi connectivity index (χ4v) is 4.93. The van der Waals surface area contributed by atoms with Crippen LogP contribution < -0.4 is 3.78 Å². The van der Waals surface area contributed by atoms with Crippen molar-refractivity contribution in [3.63, 3.8) is 0 Å². The van der Waals surface area contributed by atoms with Gasteiger partial charge in [0.2, 0.25) is 0 Å². The van der Waals surface area contributed by atoms with Crippen molar-refractivity contribution in [2.45, 2.75) is 11.7 Å². The second kappa shape index (κ2) is 4.79. The maximum absolute atomic E-state index is 2.31. The van der Waals surface area contributed by atoms with Crippen molar-refractivity contribution < 1.29 is 0 Å². The number of rotatable bonds is 3. The van der Waals surface area contributed by atoms with E-state index in [4.69, 9.17) is 0 Å². The van der Waals surface area contributed by atoms with Crippen LogP contribution >= 0.6 is 11.3 Å². The van der Waals surface area contributed by atoms with Crippen molar-refractivity contribution in [2.24, 2.45) is 0 Å². The minimum atomic E-state index is 0.579. The molecule has 14 heavy (non-hydrogen) atoms. The van der Waals surface area contributed by atoms with Crippen molar-refractivity contribution in [3.05, 3.63) is 53.4 Å². The van der Waals surface area contributed by atoms with E-state index in [9.17, 15) is 0 Å². The molecule has 0 saturated carbocycles. The molecule has 0 N–H and O–H groups in total. The normalized spacial score (nSPS) is 12.6. The Balaban J connectivity index is 2.07. The third-order valence-corrected chi connectivity index (χ3v) is 5.91. The van der Waals surface area contributed by atoms with Gasteiger partial charge < -0.3 is 0 Å². The first-order chi connectivity index (χ1) is 6.86. The molecule has 0 saturated heterocycles. The third-order valence-electron chi connectivity index (χ3n) is 2.06. The van der Waals surface area contributed by atoms with Crippen molar-refractivity contribution in [2.75, 3.05) is 0 Å². The zero-order valence-electron chi connectivity index (χ0n) is 8.01. The van der Waals surface area contributed by atoms with Crippen LogP contribution in [-0.2, 0) is 0 Å². The molecular formula is C12H12SSe. The molecular weight excluding hydrogens is 255 g/mol. The van der Waals surface area contributed by atoms with Crippen LogP contribution in [0.4, 0.5) is 0 Å². The van der Waals surface area contributed by atoms with E-state index < -0.39 is 0 Å². The molecule has 0 nitrogen and oxygen atoms in total. The van der Waals surface area contributed by atoms with Crippen LogP contribution in [0.3, 0.4) is 0 Å². The molecule has 1 unspecified atom stereocenters. The summed E-state index contributed by atoms with van der Waals surface area (Å²) in [4.78, 5) is 0.683. The molecule has 0 amide bonds. The molecule has 0 aliphatic heterocycles. The average Bonchev–Trinajstić information content (AvgIpc) is 2.72. The van der Waals surface area contributed by atoms with Gasteiger partial charge >= 0.3 is 95.2 Å². The molecule has 1 aromatic carbocycles. The Morgan fingerprint density at radius 1 is 1.07 bits per heavy atom. The van der Waals surface area contributed by atoms with Crippen LogP contribution in [0.5, 0.6) is 0 Å². The summed E-state index contributed by atoms with van der Waals surface area (Å²) in [7, 11) is 0. The predicted molar refractivity (Wildman–Crippen MR) is 64.6 cm³/mol. The Morgan fingerprint density at radius 2 is 1.86 bits per heavy atom. The van der Waals surface area contributed by atoms with E-state index in [1.165, 1.54) is 9.34 Å². The Kier molecular flexibility index (Phi) is 3.41. The van der Waals surface area contributed by atoms with Crippen LogP contribution in [0.1, 0.15) is 17.3 Å². The van der Waals surface area contributed by atoms with Gasteiger partial charge in [-0.05, 0) is 0 Å². The van der Waals surface area contributed by atoms with E-state index in [1.807, 2.05) is 11.3 Å². The van der Waals surface area contributed by atoms with Gasteiger partial charge in [-0.15, -0.1) is 0 Å². The van der Waals surface area contributed by atoms with Gasteiger partial charge in [-0.1, -0.05) is 0 Å². The minimum absolute atomic E-state index is 0.579. The van der Waals surface area contributed by atoms with Crippen LogP contribution in [0.15, 0.2) is 47.8 Å². The molecule has 0 radical (unpaired) electrons. The fourth-order valence-electron chi connectivity index (χ4n) is 1.30. The van der Waals surface area contributed by atoms with Crippen molar-refractivity contribution >= 4 is 30.1 Å². The van der Waals surface area contributed by atoms with Crippen LogP contribution in [-0.4, -0.2) is 15.0 Å². The molecule has 2 heteroatoms. The number of hydrogen-bond donors (Lipinski definition) is 0. The summed E-state index contributed by atoms with van der Waals surface area (Å²) < 4.78 is 1.54. The standard InChI is InChI=1S/C12H12SSe/c1-10(11-6-3-2-4-7-11)14-12-8-5-9-13-12/h2-10H,1H3. The van der Waals surface area contributed by atoms with E-state index in [1.54, 1.807) is 0 Å². The van der Waals surface area contributed by atoms with Gasteiger partial charge in [-0.2, -0.15) is 0 Å². The molecule has 2 aromatic rings. The van der Waals surface area contributed by atoms with Crippen molar-refractivity contribution in [3.8, 4) is 0 Å². The maximum atomic E-state index is 2.31. The molecule has 0 fully saturated rings. The molecule has 0 bridgehead atoms. The van der Waals surface area contributed by atoms with Gasteiger partial charge in [-0.25, -0.2) is 0 Å². The van der Waals surface area contributed by atoms with Crippen LogP contribution in [0.25, 0.3) is 0 Å². The predicted octanol–water partition coefficient (Wildman–Crippen LogP) is 2.84. The van der Waals surface area contributed by atoms with E-state index in [0.29, 0.717) is 19.8 Å². The summed E-state index contributed by atoms with van der Waals surface area (Å²) in [6.45, 7) is 2.31. The van der Waals surface area contributed by atoms with Gasteiger partial charge in [0.05, 0.1) is 0 Å². The third kappa shape index (κ3) is 2.48. The quantitative estimate of drug-likeness (QED) is 0.750. The molecule has 0 spiro atoms. The topological polar surface area (TPSA) is 0 Å². The summed E-state index contributed by atoms with van der Waals surface area (Å²) in [5.74, 6) is 0. The van der Waals surface area contributed by atoms with Crippen LogP contribution in [0.2, 0.25) is 0 Å².